The molecule has 0 radical (unpaired) electrons. The normalized spacial score (nSPS) is 13.2. The van der Waals surface area contributed by atoms with Gasteiger partial charge >= 0.3 is 0 Å². The van der Waals surface area contributed by atoms with Crippen LogP contribution < -0.4 is 5.32 Å². The summed E-state index contributed by atoms with van der Waals surface area (Å²) in [6, 6.07) is 8.09. The van der Waals surface area contributed by atoms with E-state index in [1.807, 2.05) is 36.4 Å². The summed E-state index contributed by atoms with van der Waals surface area (Å²) in [4.78, 5) is 0. The SMILES string of the molecule is C=CCOC1=CC=Cc2ccccc2N1. The molecule has 0 aromatic heterocycles. The Balaban J connectivity index is 2.19. The van der Waals surface area contributed by atoms with Crippen molar-refractivity contribution >= 4 is 11.8 Å². The van der Waals surface area contributed by atoms with Crippen LogP contribution in [0.2, 0.25) is 0 Å². The summed E-state index contributed by atoms with van der Waals surface area (Å²) in [5.74, 6) is 0.746. The van der Waals surface area contributed by atoms with Gasteiger partial charge in [-0.2, -0.15) is 0 Å². The molecule has 0 atom stereocenters. The highest BCUT2D eigenvalue weighted by Gasteiger charge is 2.04. The topological polar surface area (TPSA) is 21.3 Å². The molecule has 1 N–H and O–H groups in total. The minimum atomic E-state index is 0.509. The predicted octanol–water partition coefficient (Wildman–Crippen LogP) is 3.17. The summed E-state index contributed by atoms with van der Waals surface area (Å²) in [6.45, 7) is 4.12. The minimum Gasteiger partial charge on any atom is -0.475 e. The molecular weight excluding hydrogens is 186 g/mol. The van der Waals surface area contributed by atoms with Gasteiger partial charge in [0.1, 0.15) is 6.61 Å². The predicted molar refractivity (Wildman–Crippen MR) is 63.3 cm³/mol. The first-order chi connectivity index (χ1) is 7.40. The second-order valence-corrected chi connectivity index (χ2v) is 3.20. The molecule has 1 aliphatic rings. The Labute approximate surface area is 89.6 Å². The van der Waals surface area contributed by atoms with Crippen molar-refractivity contribution in [1.82, 2.24) is 0 Å². The lowest BCUT2D eigenvalue weighted by molar-refractivity contribution is 0.254. The Kier molecular flexibility index (Phi) is 2.88. The molecule has 76 valence electrons. The molecule has 1 heterocycles. The van der Waals surface area contributed by atoms with Crippen molar-refractivity contribution in [3.63, 3.8) is 0 Å². The first-order valence-corrected chi connectivity index (χ1v) is 4.88. The second kappa shape index (κ2) is 4.51. The Hall–Kier alpha value is -1.96. The molecule has 0 unspecified atom stereocenters. The maximum atomic E-state index is 5.45. The van der Waals surface area contributed by atoms with Crippen LogP contribution in [0, 0.1) is 0 Å². The quantitative estimate of drug-likeness (QED) is 0.755. The average Bonchev–Trinajstić information content (AvgIpc) is 2.47. The molecular formula is C13H13NO. The van der Waals surface area contributed by atoms with Crippen LogP contribution in [-0.2, 0) is 4.74 Å². The lowest BCUT2D eigenvalue weighted by Gasteiger charge is -2.11. The van der Waals surface area contributed by atoms with Crippen molar-refractivity contribution in [2.45, 2.75) is 0 Å². The zero-order valence-electron chi connectivity index (χ0n) is 8.44. The van der Waals surface area contributed by atoms with Gasteiger partial charge in [0, 0.05) is 5.69 Å². The molecule has 0 amide bonds. The smallest absolute Gasteiger partial charge is 0.191 e. The van der Waals surface area contributed by atoms with E-state index in [1.54, 1.807) is 6.08 Å². The van der Waals surface area contributed by atoms with Crippen LogP contribution in [0.4, 0.5) is 5.69 Å². The molecule has 15 heavy (non-hydrogen) atoms. The molecule has 2 nitrogen and oxygen atoms in total. The molecule has 2 heteroatoms. The van der Waals surface area contributed by atoms with Crippen LogP contribution in [0.1, 0.15) is 5.56 Å². The van der Waals surface area contributed by atoms with Gasteiger partial charge in [-0.15, -0.1) is 0 Å². The molecule has 0 fully saturated rings. The van der Waals surface area contributed by atoms with Crippen molar-refractivity contribution < 1.29 is 4.74 Å². The molecule has 0 saturated carbocycles. The second-order valence-electron chi connectivity index (χ2n) is 3.20. The van der Waals surface area contributed by atoms with E-state index < -0.39 is 0 Å². The first kappa shape index (κ1) is 9.59. The van der Waals surface area contributed by atoms with Crippen molar-refractivity contribution in [2.24, 2.45) is 0 Å². The van der Waals surface area contributed by atoms with Gasteiger partial charge < -0.3 is 10.1 Å². The van der Waals surface area contributed by atoms with Gasteiger partial charge in [-0.1, -0.05) is 43.0 Å². The van der Waals surface area contributed by atoms with Crippen LogP contribution in [0.25, 0.3) is 6.08 Å². The molecule has 0 saturated heterocycles. The van der Waals surface area contributed by atoms with Crippen molar-refractivity contribution in [3.05, 3.63) is 60.5 Å². The Morgan fingerprint density at radius 1 is 1.33 bits per heavy atom. The first-order valence-electron chi connectivity index (χ1n) is 4.88. The summed E-state index contributed by atoms with van der Waals surface area (Å²) >= 11 is 0. The summed E-state index contributed by atoms with van der Waals surface area (Å²) in [7, 11) is 0. The van der Waals surface area contributed by atoms with E-state index in [1.165, 1.54) is 0 Å². The summed E-state index contributed by atoms with van der Waals surface area (Å²) in [6.07, 6.45) is 7.65. The number of hydrogen-bond acceptors (Lipinski definition) is 2. The number of nitrogens with one attached hydrogen (secondary N) is 1. The molecule has 0 aliphatic carbocycles. The number of fused-ring (bicyclic) bond motifs is 1. The van der Waals surface area contributed by atoms with Gasteiger partial charge in [0.05, 0.1) is 0 Å². The fourth-order valence-corrected chi connectivity index (χ4v) is 1.40. The van der Waals surface area contributed by atoms with Crippen molar-refractivity contribution in [2.75, 3.05) is 11.9 Å². The van der Waals surface area contributed by atoms with Crippen LogP contribution in [0.5, 0.6) is 0 Å². The number of benzene rings is 1. The Bertz CT molecular complexity index is 418. The highest BCUT2D eigenvalue weighted by molar-refractivity contribution is 5.70. The van der Waals surface area contributed by atoms with Crippen LogP contribution in [-0.4, -0.2) is 6.61 Å². The third-order valence-electron chi connectivity index (χ3n) is 2.10. The van der Waals surface area contributed by atoms with E-state index >= 15 is 0 Å². The fourth-order valence-electron chi connectivity index (χ4n) is 1.40. The van der Waals surface area contributed by atoms with Gasteiger partial charge in [-0.3, -0.25) is 0 Å². The van der Waals surface area contributed by atoms with Crippen LogP contribution >= 0.6 is 0 Å². The van der Waals surface area contributed by atoms with E-state index in [0.717, 1.165) is 17.1 Å². The van der Waals surface area contributed by atoms with Gasteiger partial charge in [-0.05, 0) is 17.7 Å². The summed E-state index contributed by atoms with van der Waals surface area (Å²) < 4.78 is 5.45. The number of rotatable bonds is 3. The standard InChI is InChI=1S/C13H13NO/c1-2-10-15-13-9-5-7-11-6-3-4-8-12(11)14-13/h2-9,14H,1,10H2. The number of ether oxygens (including phenoxy) is 1. The lowest BCUT2D eigenvalue weighted by atomic mass is 10.2. The van der Waals surface area contributed by atoms with Gasteiger partial charge in [0.2, 0.25) is 0 Å². The average molecular weight is 199 g/mol. The third kappa shape index (κ3) is 2.29. The summed E-state index contributed by atoms with van der Waals surface area (Å²) in [5.41, 5.74) is 2.22. The molecule has 1 aromatic rings. The number of allylic oxidation sites excluding steroid dienone is 2. The molecule has 1 aromatic carbocycles. The van der Waals surface area contributed by atoms with E-state index in [4.69, 9.17) is 4.74 Å². The van der Waals surface area contributed by atoms with Crippen LogP contribution in [0.3, 0.4) is 0 Å². The van der Waals surface area contributed by atoms with E-state index in [-0.39, 0.29) is 0 Å². The molecule has 0 spiro atoms. The highest BCUT2D eigenvalue weighted by atomic mass is 16.5. The van der Waals surface area contributed by atoms with Gasteiger partial charge in [-0.25, -0.2) is 0 Å². The number of para-hydroxylation sites is 1. The largest absolute Gasteiger partial charge is 0.475 e. The maximum absolute atomic E-state index is 5.45. The number of anilines is 1. The third-order valence-corrected chi connectivity index (χ3v) is 2.10. The zero-order chi connectivity index (χ0) is 10.5. The zero-order valence-corrected chi connectivity index (χ0v) is 8.44. The molecule has 2 rings (SSSR count). The fraction of sp³-hybridized carbons (Fsp3) is 0.0769. The monoisotopic (exact) mass is 199 g/mol. The van der Waals surface area contributed by atoms with Crippen molar-refractivity contribution in [1.29, 1.82) is 0 Å². The Morgan fingerprint density at radius 2 is 2.20 bits per heavy atom. The Morgan fingerprint density at radius 3 is 3.07 bits per heavy atom. The van der Waals surface area contributed by atoms with E-state index in [0.29, 0.717) is 6.61 Å². The van der Waals surface area contributed by atoms with E-state index in [9.17, 15) is 0 Å². The van der Waals surface area contributed by atoms with Gasteiger partial charge in [0.25, 0.3) is 0 Å². The van der Waals surface area contributed by atoms with Crippen LogP contribution in [0.15, 0.2) is 55.0 Å². The summed E-state index contributed by atoms with van der Waals surface area (Å²) in [5, 5.41) is 3.22. The molecule has 0 bridgehead atoms. The minimum absolute atomic E-state index is 0.509. The number of hydrogen-bond donors (Lipinski definition) is 1. The maximum Gasteiger partial charge on any atom is 0.191 e. The van der Waals surface area contributed by atoms with E-state index in [2.05, 4.69) is 18.0 Å². The molecule has 1 aliphatic heterocycles. The lowest BCUT2D eigenvalue weighted by Crippen LogP contribution is -2.04. The van der Waals surface area contributed by atoms with Crippen molar-refractivity contribution in [3.8, 4) is 0 Å². The van der Waals surface area contributed by atoms with Gasteiger partial charge in [0.15, 0.2) is 5.88 Å². The highest BCUT2D eigenvalue weighted by Crippen LogP contribution is 2.21.